The Bertz CT molecular complexity index is 372. The van der Waals surface area contributed by atoms with Crippen LogP contribution in [-0.2, 0) is 6.54 Å². The van der Waals surface area contributed by atoms with E-state index >= 15 is 0 Å². The predicted molar refractivity (Wildman–Crippen MR) is 57.5 cm³/mol. The molecule has 0 aromatic carbocycles. The Morgan fingerprint density at radius 2 is 2.24 bits per heavy atom. The van der Waals surface area contributed by atoms with Gasteiger partial charge in [-0.05, 0) is 26.2 Å². The molecule has 2 rings (SSSR count). The number of rotatable bonds is 2. The third-order valence-corrected chi connectivity index (χ3v) is 3.18. The number of nitrogens with one attached hydrogen (secondary N) is 1. The summed E-state index contributed by atoms with van der Waals surface area (Å²) in [7, 11) is 0. The lowest BCUT2D eigenvalue weighted by Crippen LogP contribution is -2.47. The van der Waals surface area contributed by atoms with Gasteiger partial charge in [0.1, 0.15) is 11.9 Å². The first kappa shape index (κ1) is 12.4. The molecule has 0 saturated carbocycles. The fourth-order valence-electron chi connectivity index (χ4n) is 2.30. The summed E-state index contributed by atoms with van der Waals surface area (Å²) < 4.78 is 39.8. The number of hydrogen-bond acceptors (Lipinski definition) is 2. The van der Waals surface area contributed by atoms with E-state index in [4.69, 9.17) is 0 Å². The molecule has 96 valence electrons. The van der Waals surface area contributed by atoms with Crippen molar-refractivity contribution in [3.63, 3.8) is 0 Å². The van der Waals surface area contributed by atoms with Crippen LogP contribution in [0.15, 0.2) is 12.4 Å². The molecule has 2 heterocycles. The first-order valence-corrected chi connectivity index (χ1v) is 5.86. The molecule has 1 saturated heterocycles. The maximum atomic E-state index is 12.6. The van der Waals surface area contributed by atoms with E-state index in [9.17, 15) is 13.2 Å². The molecule has 3 nitrogen and oxygen atoms in total. The van der Waals surface area contributed by atoms with E-state index in [1.54, 1.807) is 12.4 Å². The minimum atomic E-state index is -4.16. The molecule has 0 spiro atoms. The van der Waals surface area contributed by atoms with Gasteiger partial charge in [-0.2, -0.15) is 13.2 Å². The van der Waals surface area contributed by atoms with Gasteiger partial charge in [0.05, 0.1) is 6.04 Å². The Morgan fingerprint density at radius 3 is 2.88 bits per heavy atom. The molecule has 2 unspecified atom stereocenters. The topological polar surface area (TPSA) is 29.9 Å². The molecular formula is C11H16F3N3. The zero-order valence-electron chi connectivity index (χ0n) is 9.67. The van der Waals surface area contributed by atoms with Crippen LogP contribution in [-0.4, -0.2) is 21.8 Å². The van der Waals surface area contributed by atoms with Crippen molar-refractivity contribution >= 4 is 0 Å². The molecule has 1 N–H and O–H groups in total. The second-order valence-electron chi connectivity index (χ2n) is 4.32. The van der Waals surface area contributed by atoms with E-state index in [0.29, 0.717) is 18.7 Å². The Hall–Kier alpha value is -1.04. The van der Waals surface area contributed by atoms with Crippen molar-refractivity contribution in [3.8, 4) is 0 Å². The van der Waals surface area contributed by atoms with Gasteiger partial charge >= 0.3 is 6.18 Å². The van der Waals surface area contributed by atoms with E-state index in [2.05, 4.69) is 10.3 Å². The number of aryl methyl sites for hydroxylation is 1. The standard InChI is InChI=1S/C11H16F3N3/c1-2-17-7-6-15-10(17)8-4-3-5-9(16-8)11(12,13)14/h6-9,16H,2-5H2,1H3. The average molecular weight is 247 g/mol. The van der Waals surface area contributed by atoms with Gasteiger partial charge in [0.25, 0.3) is 0 Å². The molecule has 1 aliphatic rings. The summed E-state index contributed by atoms with van der Waals surface area (Å²) in [6.45, 7) is 2.68. The quantitative estimate of drug-likeness (QED) is 0.870. The minimum absolute atomic E-state index is 0.160. The average Bonchev–Trinajstić information content (AvgIpc) is 2.76. The Kier molecular flexibility index (Phi) is 3.42. The van der Waals surface area contributed by atoms with Crippen LogP contribution < -0.4 is 5.32 Å². The van der Waals surface area contributed by atoms with Crippen LogP contribution in [0.2, 0.25) is 0 Å². The third-order valence-electron chi connectivity index (χ3n) is 3.18. The van der Waals surface area contributed by atoms with Crippen LogP contribution in [0.1, 0.15) is 38.1 Å². The lowest BCUT2D eigenvalue weighted by Gasteiger charge is -2.32. The summed E-state index contributed by atoms with van der Waals surface area (Å²) in [5.41, 5.74) is 0. The van der Waals surface area contributed by atoms with Gasteiger partial charge in [-0.15, -0.1) is 0 Å². The zero-order chi connectivity index (χ0) is 12.5. The van der Waals surface area contributed by atoms with Crippen molar-refractivity contribution in [2.75, 3.05) is 0 Å². The molecule has 1 aliphatic heterocycles. The predicted octanol–water partition coefficient (Wildman–Crippen LogP) is 2.65. The molecule has 0 amide bonds. The number of nitrogens with zero attached hydrogens (tertiary/aromatic N) is 2. The van der Waals surface area contributed by atoms with Crippen molar-refractivity contribution in [1.82, 2.24) is 14.9 Å². The van der Waals surface area contributed by atoms with E-state index < -0.39 is 12.2 Å². The van der Waals surface area contributed by atoms with Crippen LogP contribution in [0.5, 0.6) is 0 Å². The smallest absolute Gasteiger partial charge is 0.334 e. The summed E-state index contributed by atoms with van der Waals surface area (Å²) in [6.07, 6.45) is 0.725. The van der Waals surface area contributed by atoms with Gasteiger partial charge in [0.2, 0.25) is 0 Å². The van der Waals surface area contributed by atoms with E-state index in [0.717, 1.165) is 6.54 Å². The molecule has 0 radical (unpaired) electrons. The first-order chi connectivity index (χ1) is 8.02. The number of halogens is 3. The molecule has 0 aliphatic carbocycles. The van der Waals surface area contributed by atoms with Gasteiger partial charge in [-0.25, -0.2) is 4.98 Å². The van der Waals surface area contributed by atoms with Gasteiger partial charge in [-0.3, -0.25) is 5.32 Å². The Balaban J connectivity index is 2.12. The van der Waals surface area contributed by atoms with Crippen molar-refractivity contribution in [2.24, 2.45) is 0 Å². The third kappa shape index (κ3) is 2.62. The fourth-order valence-corrected chi connectivity index (χ4v) is 2.30. The first-order valence-electron chi connectivity index (χ1n) is 5.86. The highest BCUT2D eigenvalue weighted by atomic mass is 19.4. The monoisotopic (exact) mass is 247 g/mol. The lowest BCUT2D eigenvalue weighted by atomic mass is 9.97. The highest BCUT2D eigenvalue weighted by molar-refractivity contribution is 5.02. The number of piperidine rings is 1. The highest BCUT2D eigenvalue weighted by Gasteiger charge is 2.42. The normalized spacial score (nSPS) is 26.1. The molecular weight excluding hydrogens is 231 g/mol. The summed E-state index contributed by atoms with van der Waals surface area (Å²) in [6, 6.07) is -1.69. The van der Waals surface area contributed by atoms with E-state index in [1.807, 2.05) is 11.5 Å². The van der Waals surface area contributed by atoms with Crippen molar-refractivity contribution in [3.05, 3.63) is 18.2 Å². The fraction of sp³-hybridized carbons (Fsp3) is 0.727. The number of imidazole rings is 1. The number of alkyl halides is 3. The number of hydrogen-bond donors (Lipinski definition) is 1. The SMILES string of the molecule is CCn1ccnc1C1CCCC(C(F)(F)F)N1. The van der Waals surface area contributed by atoms with Gasteiger partial charge in [-0.1, -0.05) is 0 Å². The Labute approximate surface area is 98.0 Å². The summed E-state index contributed by atoms with van der Waals surface area (Å²) in [5.74, 6) is 0.710. The molecule has 0 bridgehead atoms. The maximum absolute atomic E-state index is 12.6. The molecule has 2 atom stereocenters. The molecule has 1 aromatic rings. The van der Waals surface area contributed by atoms with E-state index in [1.165, 1.54) is 0 Å². The number of aromatic nitrogens is 2. The second kappa shape index (κ2) is 4.68. The summed E-state index contributed by atoms with van der Waals surface area (Å²) in [5, 5.41) is 2.66. The van der Waals surface area contributed by atoms with Gasteiger partial charge in [0, 0.05) is 18.9 Å². The molecule has 6 heteroatoms. The van der Waals surface area contributed by atoms with Crippen molar-refractivity contribution in [2.45, 2.75) is 51.0 Å². The molecule has 1 fully saturated rings. The zero-order valence-corrected chi connectivity index (χ0v) is 9.67. The van der Waals surface area contributed by atoms with Crippen LogP contribution in [0, 0.1) is 0 Å². The van der Waals surface area contributed by atoms with Crippen LogP contribution >= 0.6 is 0 Å². The highest BCUT2D eigenvalue weighted by Crippen LogP contribution is 2.32. The van der Waals surface area contributed by atoms with Crippen LogP contribution in [0.4, 0.5) is 13.2 Å². The molecule has 17 heavy (non-hydrogen) atoms. The largest absolute Gasteiger partial charge is 0.403 e. The minimum Gasteiger partial charge on any atom is -0.334 e. The van der Waals surface area contributed by atoms with Gasteiger partial charge < -0.3 is 4.57 Å². The summed E-state index contributed by atoms with van der Waals surface area (Å²) >= 11 is 0. The van der Waals surface area contributed by atoms with Gasteiger partial charge in [0.15, 0.2) is 0 Å². The van der Waals surface area contributed by atoms with Crippen molar-refractivity contribution in [1.29, 1.82) is 0 Å². The lowest BCUT2D eigenvalue weighted by molar-refractivity contribution is -0.163. The van der Waals surface area contributed by atoms with Crippen molar-refractivity contribution < 1.29 is 13.2 Å². The Morgan fingerprint density at radius 1 is 1.47 bits per heavy atom. The van der Waals surface area contributed by atoms with E-state index in [-0.39, 0.29) is 12.5 Å². The maximum Gasteiger partial charge on any atom is 0.403 e. The molecule has 1 aromatic heterocycles. The second-order valence-corrected chi connectivity index (χ2v) is 4.32. The van der Waals surface area contributed by atoms with Crippen LogP contribution in [0.3, 0.4) is 0 Å². The van der Waals surface area contributed by atoms with Crippen LogP contribution in [0.25, 0.3) is 0 Å². The summed E-state index contributed by atoms with van der Waals surface area (Å²) in [4.78, 5) is 4.16.